The highest BCUT2D eigenvalue weighted by Crippen LogP contribution is 2.35. The Labute approximate surface area is 106 Å². The highest BCUT2D eigenvalue weighted by Gasteiger charge is 2.28. The Hall–Kier alpha value is -0.710. The standard InChI is InChI=1S/C12H12BrF3O/c13-10(3-5-12(14,15)16)8-1-2-11-9(7-8)4-6-17-11/h1-2,7,10H,3-6H2. The second-order valence-electron chi connectivity index (χ2n) is 4.09. The summed E-state index contributed by atoms with van der Waals surface area (Å²) < 4.78 is 41.7. The highest BCUT2D eigenvalue weighted by molar-refractivity contribution is 9.09. The van der Waals surface area contributed by atoms with E-state index in [4.69, 9.17) is 4.74 Å². The van der Waals surface area contributed by atoms with Gasteiger partial charge < -0.3 is 4.74 Å². The van der Waals surface area contributed by atoms with Gasteiger partial charge in [0.15, 0.2) is 0 Å². The van der Waals surface area contributed by atoms with Gasteiger partial charge in [-0.2, -0.15) is 13.2 Å². The van der Waals surface area contributed by atoms with Crippen LogP contribution in [0.1, 0.15) is 28.8 Å². The van der Waals surface area contributed by atoms with Crippen LogP contribution in [0.3, 0.4) is 0 Å². The quantitative estimate of drug-likeness (QED) is 0.752. The van der Waals surface area contributed by atoms with Crippen molar-refractivity contribution in [1.29, 1.82) is 0 Å². The summed E-state index contributed by atoms with van der Waals surface area (Å²) in [6.07, 6.45) is -3.96. The number of fused-ring (bicyclic) bond motifs is 1. The first-order valence-electron chi connectivity index (χ1n) is 5.42. The molecule has 0 aliphatic carbocycles. The van der Waals surface area contributed by atoms with E-state index >= 15 is 0 Å². The Bertz CT molecular complexity index is 403. The second-order valence-corrected chi connectivity index (χ2v) is 5.19. The monoisotopic (exact) mass is 308 g/mol. The summed E-state index contributed by atoms with van der Waals surface area (Å²) in [6, 6.07) is 5.58. The van der Waals surface area contributed by atoms with Crippen LogP contribution in [0.25, 0.3) is 0 Å². The third-order valence-corrected chi connectivity index (χ3v) is 3.74. The van der Waals surface area contributed by atoms with Gasteiger partial charge in [0.2, 0.25) is 0 Å². The average molecular weight is 309 g/mol. The van der Waals surface area contributed by atoms with Crippen LogP contribution in [-0.2, 0) is 6.42 Å². The molecule has 2 rings (SSSR count). The molecule has 0 amide bonds. The number of alkyl halides is 4. The molecule has 0 aromatic heterocycles. The summed E-state index contributed by atoms with van der Waals surface area (Å²) in [5.41, 5.74) is 1.97. The summed E-state index contributed by atoms with van der Waals surface area (Å²) in [4.78, 5) is -0.255. The Morgan fingerprint density at radius 1 is 1.35 bits per heavy atom. The number of rotatable bonds is 3. The van der Waals surface area contributed by atoms with E-state index in [1.165, 1.54) is 0 Å². The fourth-order valence-electron chi connectivity index (χ4n) is 1.86. The number of halogens is 4. The zero-order chi connectivity index (χ0) is 12.5. The van der Waals surface area contributed by atoms with Crippen molar-refractivity contribution in [2.75, 3.05) is 6.61 Å². The third kappa shape index (κ3) is 3.37. The van der Waals surface area contributed by atoms with E-state index < -0.39 is 12.6 Å². The minimum absolute atomic E-state index is 0.0587. The number of hydrogen-bond donors (Lipinski definition) is 0. The summed E-state index contributed by atoms with van der Waals surface area (Å²) in [5, 5.41) is 0. The topological polar surface area (TPSA) is 9.23 Å². The van der Waals surface area contributed by atoms with Crippen LogP contribution in [-0.4, -0.2) is 12.8 Å². The van der Waals surface area contributed by atoms with Gasteiger partial charge in [-0.1, -0.05) is 28.1 Å². The van der Waals surface area contributed by atoms with Crippen molar-refractivity contribution in [2.24, 2.45) is 0 Å². The maximum atomic E-state index is 12.1. The van der Waals surface area contributed by atoms with Crippen molar-refractivity contribution < 1.29 is 17.9 Å². The first-order chi connectivity index (χ1) is 7.96. The smallest absolute Gasteiger partial charge is 0.389 e. The van der Waals surface area contributed by atoms with Crippen LogP contribution < -0.4 is 4.74 Å². The Morgan fingerprint density at radius 2 is 2.12 bits per heavy atom. The maximum absolute atomic E-state index is 12.1. The lowest BCUT2D eigenvalue weighted by Gasteiger charge is -2.13. The molecule has 1 aliphatic rings. The summed E-state index contributed by atoms with van der Waals surface area (Å²) >= 11 is 3.31. The van der Waals surface area contributed by atoms with Gasteiger partial charge in [0.1, 0.15) is 5.75 Å². The summed E-state index contributed by atoms with van der Waals surface area (Å²) in [6.45, 7) is 0.661. The van der Waals surface area contributed by atoms with Gasteiger partial charge in [-0.05, 0) is 23.6 Å². The summed E-state index contributed by atoms with van der Waals surface area (Å²) in [7, 11) is 0. The number of ether oxygens (including phenoxy) is 1. The average Bonchev–Trinajstić information content (AvgIpc) is 2.71. The molecule has 1 aromatic rings. The Morgan fingerprint density at radius 3 is 2.82 bits per heavy atom. The van der Waals surface area contributed by atoms with Gasteiger partial charge in [-0.3, -0.25) is 0 Å². The molecule has 1 atom stereocenters. The third-order valence-electron chi connectivity index (χ3n) is 2.76. The highest BCUT2D eigenvalue weighted by atomic mass is 79.9. The van der Waals surface area contributed by atoms with Crippen molar-refractivity contribution in [3.05, 3.63) is 29.3 Å². The van der Waals surface area contributed by atoms with Gasteiger partial charge in [0, 0.05) is 17.7 Å². The van der Waals surface area contributed by atoms with E-state index in [-0.39, 0.29) is 11.2 Å². The molecule has 1 unspecified atom stereocenters. The molecule has 94 valence electrons. The van der Waals surface area contributed by atoms with Crippen molar-refractivity contribution in [3.8, 4) is 5.75 Å². The van der Waals surface area contributed by atoms with Gasteiger partial charge in [0.05, 0.1) is 6.61 Å². The summed E-state index contributed by atoms with van der Waals surface area (Å²) in [5.74, 6) is 0.851. The minimum atomic E-state index is -4.09. The van der Waals surface area contributed by atoms with Gasteiger partial charge in [-0.25, -0.2) is 0 Å². The largest absolute Gasteiger partial charge is 0.493 e. The van der Waals surface area contributed by atoms with E-state index in [0.717, 1.165) is 23.3 Å². The van der Waals surface area contributed by atoms with E-state index in [1.807, 2.05) is 18.2 Å². The molecule has 17 heavy (non-hydrogen) atoms. The first-order valence-corrected chi connectivity index (χ1v) is 6.34. The molecular formula is C12H12BrF3O. The molecule has 5 heteroatoms. The Balaban J connectivity index is 2.02. The fraction of sp³-hybridized carbons (Fsp3) is 0.500. The number of benzene rings is 1. The zero-order valence-electron chi connectivity index (χ0n) is 9.06. The molecule has 1 heterocycles. The molecular weight excluding hydrogens is 297 g/mol. The minimum Gasteiger partial charge on any atom is -0.493 e. The lowest BCUT2D eigenvalue weighted by molar-refractivity contribution is -0.135. The molecule has 0 spiro atoms. The molecule has 0 bridgehead atoms. The normalized spacial score (nSPS) is 16.5. The maximum Gasteiger partial charge on any atom is 0.389 e. The predicted molar refractivity (Wildman–Crippen MR) is 62.6 cm³/mol. The molecule has 0 radical (unpaired) electrons. The zero-order valence-corrected chi connectivity index (χ0v) is 10.6. The number of hydrogen-bond acceptors (Lipinski definition) is 1. The van der Waals surface area contributed by atoms with Gasteiger partial charge in [-0.15, -0.1) is 0 Å². The van der Waals surface area contributed by atoms with Crippen molar-refractivity contribution in [3.63, 3.8) is 0 Å². The van der Waals surface area contributed by atoms with Crippen LogP contribution in [0, 0.1) is 0 Å². The van der Waals surface area contributed by atoms with Crippen LogP contribution >= 0.6 is 15.9 Å². The molecule has 1 aliphatic heterocycles. The SMILES string of the molecule is FC(F)(F)CCC(Br)c1ccc2c(c1)CCO2. The van der Waals surface area contributed by atoms with E-state index in [1.54, 1.807) is 0 Å². The van der Waals surface area contributed by atoms with E-state index in [2.05, 4.69) is 15.9 Å². The Kier molecular flexibility index (Phi) is 3.66. The van der Waals surface area contributed by atoms with E-state index in [0.29, 0.717) is 6.61 Å². The fourth-order valence-corrected chi connectivity index (χ4v) is 2.37. The van der Waals surface area contributed by atoms with Crippen molar-refractivity contribution in [1.82, 2.24) is 0 Å². The van der Waals surface area contributed by atoms with Crippen LogP contribution in [0.15, 0.2) is 18.2 Å². The second kappa shape index (κ2) is 4.88. The molecule has 1 nitrogen and oxygen atoms in total. The molecule has 1 aromatic carbocycles. The molecule has 0 fully saturated rings. The van der Waals surface area contributed by atoms with E-state index in [9.17, 15) is 13.2 Å². The lowest BCUT2D eigenvalue weighted by Crippen LogP contribution is -2.08. The van der Waals surface area contributed by atoms with Gasteiger partial charge >= 0.3 is 6.18 Å². The van der Waals surface area contributed by atoms with Crippen molar-refractivity contribution >= 4 is 15.9 Å². The first kappa shape index (κ1) is 12.7. The van der Waals surface area contributed by atoms with Crippen LogP contribution in [0.4, 0.5) is 13.2 Å². The van der Waals surface area contributed by atoms with Gasteiger partial charge in [0.25, 0.3) is 0 Å². The van der Waals surface area contributed by atoms with Crippen molar-refractivity contribution in [2.45, 2.75) is 30.3 Å². The molecule has 0 N–H and O–H groups in total. The van der Waals surface area contributed by atoms with Crippen LogP contribution in [0.2, 0.25) is 0 Å². The predicted octanol–water partition coefficient (Wildman–Crippen LogP) is 4.40. The van der Waals surface area contributed by atoms with Crippen LogP contribution in [0.5, 0.6) is 5.75 Å². The lowest BCUT2D eigenvalue weighted by atomic mass is 10.0. The molecule has 0 saturated heterocycles. The molecule has 0 saturated carbocycles.